The van der Waals surface area contributed by atoms with Gasteiger partial charge < -0.3 is 16.4 Å². The van der Waals surface area contributed by atoms with Gasteiger partial charge in [0.1, 0.15) is 5.82 Å². The largest absolute Gasteiger partial charge is 0.385 e. The van der Waals surface area contributed by atoms with Crippen LogP contribution in [0.5, 0.6) is 0 Å². The molecule has 7 nitrogen and oxygen atoms in total. The van der Waals surface area contributed by atoms with Crippen LogP contribution in [0.4, 0.5) is 0 Å². The second-order valence-electron chi connectivity index (χ2n) is 2.15. The molecule has 1 amide bonds. The monoisotopic (exact) mass is 193 g/mol. The van der Waals surface area contributed by atoms with E-state index in [1.165, 1.54) is 0 Å². The van der Waals surface area contributed by atoms with Crippen LogP contribution >= 0.6 is 0 Å². The summed E-state index contributed by atoms with van der Waals surface area (Å²) in [5.74, 6) is -0.782. The Morgan fingerprint density at radius 2 is 2.08 bits per heavy atom. The molecule has 1 atom stereocenters. The number of rotatable bonds is 1. The van der Waals surface area contributed by atoms with Gasteiger partial charge in [-0.25, -0.2) is 0 Å². The van der Waals surface area contributed by atoms with Gasteiger partial charge in [-0.2, -0.15) is 8.42 Å². The molecule has 1 aliphatic rings. The molecule has 0 radical (unpaired) electrons. The first-order chi connectivity index (χ1) is 5.39. The first kappa shape index (κ1) is 8.81. The van der Waals surface area contributed by atoms with Crippen molar-refractivity contribution in [2.24, 2.45) is 5.73 Å². The maximum absolute atomic E-state index is 10.6. The van der Waals surface area contributed by atoms with E-state index < -0.39 is 21.5 Å². The van der Waals surface area contributed by atoms with Crippen LogP contribution in [0.15, 0.2) is 11.9 Å². The van der Waals surface area contributed by atoms with E-state index in [4.69, 9.17) is 10.3 Å². The molecule has 0 aliphatic carbocycles. The van der Waals surface area contributed by atoms with Crippen LogP contribution in [-0.2, 0) is 14.9 Å². The Hall–Kier alpha value is -1.28. The third kappa shape index (κ3) is 1.86. The molecule has 5 N–H and O–H groups in total. The van der Waals surface area contributed by atoms with Gasteiger partial charge in [0.25, 0.3) is 0 Å². The Labute approximate surface area is 68.4 Å². The molecular weight excluding hydrogens is 186 g/mol. The van der Waals surface area contributed by atoms with E-state index in [9.17, 15) is 13.2 Å². The summed E-state index contributed by atoms with van der Waals surface area (Å²) in [6, 6.07) is 0. The Balaban J connectivity index is 2.89. The molecule has 68 valence electrons. The molecule has 0 fully saturated rings. The Kier molecular flexibility index (Phi) is 1.94. The molecule has 1 unspecified atom stereocenters. The van der Waals surface area contributed by atoms with Gasteiger partial charge in [-0.15, -0.1) is 0 Å². The minimum absolute atomic E-state index is 0.110. The van der Waals surface area contributed by atoms with E-state index in [0.717, 1.165) is 6.08 Å². The third-order valence-electron chi connectivity index (χ3n) is 1.16. The van der Waals surface area contributed by atoms with Crippen molar-refractivity contribution in [3.63, 3.8) is 0 Å². The van der Waals surface area contributed by atoms with Crippen molar-refractivity contribution < 1.29 is 17.8 Å². The zero-order chi connectivity index (χ0) is 9.35. The highest BCUT2D eigenvalue weighted by Gasteiger charge is 2.27. The summed E-state index contributed by atoms with van der Waals surface area (Å²) in [5.41, 5.74) is 3.57. The summed E-state index contributed by atoms with van der Waals surface area (Å²) < 4.78 is 29.4. The number of hydrogen-bond donors (Lipinski definition) is 4. The summed E-state index contributed by atoms with van der Waals surface area (Å²) in [5, 5.41) is 4.10. The van der Waals surface area contributed by atoms with Gasteiger partial charge in [0, 0.05) is 6.08 Å². The summed E-state index contributed by atoms with van der Waals surface area (Å²) >= 11 is 0. The van der Waals surface area contributed by atoms with Crippen molar-refractivity contribution in [2.75, 3.05) is 0 Å². The molecule has 1 rings (SSSR count). The molecule has 0 bridgehead atoms. The molecule has 0 aromatic rings. The summed E-state index contributed by atoms with van der Waals surface area (Å²) in [4.78, 5) is 10.6. The van der Waals surface area contributed by atoms with E-state index in [-0.39, 0.29) is 5.82 Å². The number of nitrogens with two attached hydrogens (primary N) is 1. The van der Waals surface area contributed by atoms with E-state index in [1.54, 1.807) is 0 Å². The second-order valence-corrected chi connectivity index (χ2v) is 3.65. The number of nitrogens with one attached hydrogen (secondary N) is 2. The summed E-state index contributed by atoms with van der Waals surface area (Å²) in [6.45, 7) is 0. The number of carbonyl (C=O) groups is 1. The molecule has 0 saturated carbocycles. The van der Waals surface area contributed by atoms with Crippen molar-refractivity contribution in [1.29, 1.82) is 0 Å². The van der Waals surface area contributed by atoms with Crippen molar-refractivity contribution in [3.8, 4) is 0 Å². The normalized spacial score (nSPS) is 23.9. The molecule has 1 heterocycles. The fourth-order valence-corrected chi connectivity index (χ4v) is 1.24. The molecule has 8 heteroatoms. The smallest absolute Gasteiger partial charge is 0.305 e. The topological polar surface area (TPSA) is 122 Å². The lowest BCUT2D eigenvalue weighted by Crippen LogP contribution is -2.54. The number of carbonyl (C=O) groups excluding carboxylic acids is 1. The van der Waals surface area contributed by atoms with E-state index in [1.807, 2.05) is 5.32 Å². The predicted molar refractivity (Wildman–Crippen MR) is 38.9 cm³/mol. The SMILES string of the molecule is NC1=CC(=O)NC(S(=O)(=O)O)N1. The van der Waals surface area contributed by atoms with Gasteiger partial charge in [0.15, 0.2) is 0 Å². The standard InChI is InChI=1S/C4H7N3O4S/c5-2-1-3(8)7-4(6-2)12(9,10)11/h1,4,6H,5H2,(H,7,8)(H,9,10,11). The van der Waals surface area contributed by atoms with E-state index in [2.05, 4.69) is 5.32 Å². The van der Waals surface area contributed by atoms with Gasteiger partial charge in [0.05, 0.1) is 0 Å². The maximum atomic E-state index is 10.6. The van der Waals surface area contributed by atoms with Gasteiger partial charge in [-0.3, -0.25) is 9.35 Å². The zero-order valence-electron chi connectivity index (χ0n) is 5.81. The van der Waals surface area contributed by atoms with Crippen LogP contribution in [0.3, 0.4) is 0 Å². The molecule has 1 aliphatic heterocycles. The van der Waals surface area contributed by atoms with Crippen LogP contribution in [-0.4, -0.2) is 24.4 Å². The van der Waals surface area contributed by atoms with Crippen molar-refractivity contribution in [1.82, 2.24) is 10.6 Å². The minimum Gasteiger partial charge on any atom is -0.385 e. The fourth-order valence-electron chi connectivity index (χ4n) is 0.690. The van der Waals surface area contributed by atoms with Crippen molar-refractivity contribution in [3.05, 3.63) is 11.9 Å². The Morgan fingerprint density at radius 1 is 1.50 bits per heavy atom. The molecule has 0 saturated heterocycles. The van der Waals surface area contributed by atoms with Crippen LogP contribution in [0.25, 0.3) is 0 Å². The number of amides is 1. The molecule has 0 spiro atoms. The molecular formula is C4H7N3O4S. The summed E-state index contributed by atoms with van der Waals surface area (Å²) in [7, 11) is -4.36. The van der Waals surface area contributed by atoms with Crippen molar-refractivity contribution in [2.45, 2.75) is 5.50 Å². The van der Waals surface area contributed by atoms with Crippen LogP contribution in [0.1, 0.15) is 0 Å². The lowest BCUT2D eigenvalue weighted by Gasteiger charge is -2.21. The van der Waals surface area contributed by atoms with E-state index >= 15 is 0 Å². The van der Waals surface area contributed by atoms with Crippen LogP contribution in [0.2, 0.25) is 0 Å². The highest BCUT2D eigenvalue weighted by molar-refractivity contribution is 7.86. The second kappa shape index (κ2) is 2.64. The van der Waals surface area contributed by atoms with E-state index in [0.29, 0.717) is 0 Å². The lowest BCUT2D eigenvalue weighted by atomic mass is 10.4. The van der Waals surface area contributed by atoms with Gasteiger partial charge in [-0.05, 0) is 0 Å². The zero-order valence-corrected chi connectivity index (χ0v) is 6.63. The minimum atomic E-state index is -4.36. The highest BCUT2D eigenvalue weighted by atomic mass is 32.2. The van der Waals surface area contributed by atoms with Crippen LogP contribution in [0, 0.1) is 0 Å². The van der Waals surface area contributed by atoms with Gasteiger partial charge in [0.2, 0.25) is 11.4 Å². The molecule has 0 aromatic carbocycles. The Morgan fingerprint density at radius 3 is 2.50 bits per heavy atom. The quantitative estimate of drug-likeness (QED) is 0.347. The molecule has 0 aromatic heterocycles. The average molecular weight is 193 g/mol. The first-order valence-electron chi connectivity index (χ1n) is 2.90. The summed E-state index contributed by atoms with van der Waals surface area (Å²) in [6.07, 6.45) is 0.974. The highest BCUT2D eigenvalue weighted by Crippen LogP contribution is 1.97. The first-order valence-corrected chi connectivity index (χ1v) is 4.40. The lowest BCUT2D eigenvalue weighted by molar-refractivity contribution is -0.117. The fraction of sp³-hybridized carbons (Fsp3) is 0.250. The molecule has 12 heavy (non-hydrogen) atoms. The van der Waals surface area contributed by atoms with Gasteiger partial charge >= 0.3 is 10.1 Å². The number of hydrogen-bond acceptors (Lipinski definition) is 5. The maximum Gasteiger partial charge on any atom is 0.305 e. The average Bonchev–Trinajstić information content (AvgIpc) is 1.82. The van der Waals surface area contributed by atoms with Crippen molar-refractivity contribution >= 4 is 16.0 Å². The van der Waals surface area contributed by atoms with Gasteiger partial charge in [-0.1, -0.05) is 0 Å². The Bertz CT molecular complexity index is 332. The van der Waals surface area contributed by atoms with Crippen LogP contribution < -0.4 is 16.4 Å². The predicted octanol–water partition coefficient (Wildman–Crippen LogP) is -2.32. The third-order valence-corrected chi connectivity index (χ3v) is 1.99.